The largest absolute Gasteiger partial charge is 0.114 e. The molecule has 0 heterocycles. The minimum absolute atomic E-state index is 1.22. The second-order valence-corrected chi connectivity index (χ2v) is 1.37. The monoisotopic (exact) mass is 70.0 g/mol. The van der Waals surface area contributed by atoms with Crippen LogP contribution in [0.2, 0.25) is 0 Å². The highest BCUT2D eigenvalue weighted by Crippen LogP contribution is 1.94. The Balaban J connectivity index is 3.55. The highest BCUT2D eigenvalue weighted by molar-refractivity contribution is 7.07. The van der Waals surface area contributed by atoms with E-state index in [0.29, 0.717) is 0 Å². The third kappa shape index (κ3) is 0.187. The van der Waals surface area contributed by atoms with Crippen LogP contribution in [0.1, 0.15) is 0 Å². The van der Waals surface area contributed by atoms with Gasteiger partial charge < -0.3 is 0 Å². The van der Waals surface area contributed by atoms with E-state index in [4.69, 9.17) is 0 Å². The predicted molar refractivity (Wildman–Crippen MR) is 20.4 cm³/mol. The molecule has 0 aromatic heterocycles. The highest BCUT2D eigenvalue weighted by Gasteiger charge is 1.70. The molecule has 0 aliphatic carbocycles. The van der Waals surface area contributed by atoms with Gasteiger partial charge in [-0.25, -0.2) is 0 Å². The lowest BCUT2D eigenvalue weighted by Crippen LogP contribution is -0.909. The van der Waals surface area contributed by atoms with Crippen LogP contribution in [0.3, 0.4) is 0 Å². The van der Waals surface area contributed by atoms with Crippen molar-refractivity contribution in [3.63, 3.8) is 0 Å². The maximum Gasteiger partial charge on any atom is -0.00547 e. The summed E-state index contributed by atoms with van der Waals surface area (Å²) in [6, 6.07) is 3.99. The van der Waals surface area contributed by atoms with E-state index in [1.54, 1.807) is 0 Å². The first-order valence-electron chi connectivity index (χ1n) is 1.16. The molecule has 20 valence electrons. The van der Waals surface area contributed by atoms with Crippen LogP contribution in [-0.4, -0.2) is 0 Å². The molecule has 0 bridgehead atoms. The molecule has 0 aliphatic heterocycles. The van der Waals surface area contributed by atoms with Crippen molar-refractivity contribution >= 4 is 8.86 Å². The van der Waals surface area contributed by atoms with Crippen LogP contribution < -0.4 is 0 Å². The summed E-state index contributed by atoms with van der Waals surface area (Å²) in [5.74, 6) is 0. The number of hydrogen-bond donors (Lipinski definition) is 0. The van der Waals surface area contributed by atoms with Crippen molar-refractivity contribution in [3.05, 3.63) is 17.1 Å². The summed E-state index contributed by atoms with van der Waals surface area (Å²) in [5.41, 5.74) is 0. The Bertz CT molecular complexity index is 92.1. The van der Waals surface area contributed by atoms with Gasteiger partial charge in [0.1, 0.15) is 0 Å². The van der Waals surface area contributed by atoms with Crippen molar-refractivity contribution < 1.29 is 0 Å². The van der Waals surface area contributed by atoms with E-state index >= 15 is 0 Å². The van der Waals surface area contributed by atoms with Gasteiger partial charge in [0, 0.05) is 0 Å². The smallest absolute Gasteiger partial charge is 0.00547 e. The predicted octanol–water partition coefficient (Wildman–Crippen LogP) is 1.24. The summed E-state index contributed by atoms with van der Waals surface area (Å²) in [7, 11) is 3.23. The third-order valence-electron chi connectivity index (χ3n) is 0.333. The second kappa shape index (κ2) is 0.440. The van der Waals surface area contributed by atoms with Crippen LogP contribution in [0, 0.1) is 4.94 Å². The van der Waals surface area contributed by atoms with Gasteiger partial charge in [0.25, 0.3) is 0 Å². The van der Waals surface area contributed by atoms with Crippen molar-refractivity contribution in [2.75, 3.05) is 0 Å². The lowest BCUT2D eigenvalue weighted by Gasteiger charge is -1.17. The Morgan fingerprint density at radius 3 is 1.75 bits per heavy atom. The van der Waals surface area contributed by atoms with E-state index in [0.717, 1.165) is 0 Å². The van der Waals surface area contributed by atoms with Crippen LogP contribution in [0.4, 0.5) is 0 Å². The summed E-state index contributed by atoms with van der Waals surface area (Å²) < 4.78 is 0. The maximum absolute atomic E-state index is 3.23. The van der Waals surface area contributed by atoms with Gasteiger partial charge in [-0.1, -0.05) is 12.1 Å². The van der Waals surface area contributed by atoms with Crippen molar-refractivity contribution in [1.82, 2.24) is 0 Å². The Labute approximate surface area is 27.0 Å². The molecule has 1 aromatic rings. The highest BCUT2D eigenvalue weighted by atomic mass is 31.0. The minimum atomic E-state index is 1.22. The molecule has 1 aromatic carbocycles. The van der Waals surface area contributed by atoms with E-state index in [-0.39, 0.29) is 0 Å². The fourth-order valence-corrected chi connectivity index (χ4v) is 0.125. The topological polar surface area (TPSA) is 0 Å². The van der Waals surface area contributed by atoms with Crippen LogP contribution >= 0.6 is 8.86 Å². The third-order valence-corrected chi connectivity index (χ3v) is 0.667. The molecule has 0 N–H and O–H groups in total. The van der Waals surface area contributed by atoms with Gasteiger partial charge in [-0.15, -0.1) is 8.86 Å². The molecule has 1 rings (SSSR count). The fraction of sp³-hybridized carbons (Fsp3) is 0. The molecule has 0 aliphatic rings. The zero-order valence-electron chi connectivity index (χ0n) is 2.15. The molecule has 0 unspecified atom stereocenters. The zero-order chi connectivity index (χ0) is 2.99. The fourth-order valence-electron chi connectivity index (χ4n) is 0.0417. The number of rotatable bonds is 0. The molecule has 0 nitrogen and oxygen atoms in total. The Morgan fingerprint density at radius 1 is 1.50 bits per heavy atom. The zero-order valence-corrected chi connectivity index (χ0v) is 3.15. The standard InChI is InChI=1S/C3H3P/c4-3-1-2-3/h1-2,4H. The Hall–Kier alpha value is -0.0900. The van der Waals surface area contributed by atoms with Crippen LogP contribution in [-0.2, 0) is 0 Å². The van der Waals surface area contributed by atoms with Gasteiger partial charge in [0.2, 0.25) is 0 Å². The van der Waals surface area contributed by atoms with Crippen molar-refractivity contribution in [1.29, 1.82) is 0 Å². The van der Waals surface area contributed by atoms with Crippen LogP contribution in [0.5, 0.6) is 0 Å². The Morgan fingerprint density at radius 2 is 1.75 bits per heavy atom. The Kier molecular flexibility index (Phi) is 0.238. The molecule has 0 atom stereocenters. The summed E-state index contributed by atoms with van der Waals surface area (Å²) >= 11 is 0. The van der Waals surface area contributed by atoms with Crippen molar-refractivity contribution in [2.24, 2.45) is 0 Å². The van der Waals surface area contributed by atoms with Crippen LogP contribution in [0.15, 0.2) is 12.1 Å². The normalized spacial score (nSPS) is 9.00. The SMILES string of the molecule is P=c1cc1. The average Bonchev–Trinajstić information content (AvgIpc) is 1.75. The van der Waals surface area contributed by atoms with E-state index in [2.05, 4.69) is 8.86 Å². The molecular formula is C3H3P. The van der Waals surface area contributed by atoms with Gasteiger partial charge in [-0.3, -0.25) is 0 Å². The first-order valence-corrected chi connectivity index (χ1v) is 1.66. The van der Waals surface area contributed by atoms with E-state index in [9.17, 15) is 0 Å². The molecule has 0 saturated carbocycles. The van der Waals surface area contributed by atoms with Gasteiger partial charge >= 0.3 is 0 Å². The molecule has 0 spiro atoms. The summed E-state index contributed by atoms with van der Waals surface area (Å²) in [6.45, 7) is 0. The molecule has 0 radical (unpaired) electrons. The van der Waals surface area contributed by atoms with Gasteiger partial charge in [-0.05, 0) is 4.94 Å². The van der Waals surface area contributed by atoms with Crippen molar-refractivity contribution in [3.8, 4) is 0 Å². The van der Waals surface area contributed by atoms with Crippen LogP contribution in [0.25, 0.3) is 0 Å². The first-order chi connectivity index (χ1) is 1.89. The number of hydrogen-bond acceptors (Lipinski definition) is 0. The second-order valence-electron chi connectivity index (χ2n) is 0.789. The van der Waals surface area contributed by atoms with E-state index < -0.39 is 0 Å². The van der Waals surface area contributed by atoms with E-state index in [1.165, 1.54) is 4.94 Å². The quantitative estimate of drug-likeness (QED) is 0.403. The maximum atomic E-state index is 3.23. The molecule has 0 amide bonds. The molecule has 1 heteroatoms. The molecule has 0 fully saturated rings. The van der Waals surface area contributed by atoms with Crippen molar-refractivity contribution in [2.45, 2.75) is 0 Å². The van der Waals surface area contributed by atoms with Gasteiger partial charge in [0.15, 0.2) is 0 Å². The summed E-state index contributed by atoms with van der Waals surface area (Å²) in [4.78, 5) is 1.22. The van der Waals surface area contributed by atoms with Gasteiger partial charge in [0.05, 0.1) is 0 Å². The first kappa shape index (κ1) is 2.17. The minimum Gasteiger partial charge on any atom is -0.114 e. The lowest BCUT2D eigenvalue weighted by atomic mass is 11.2. The molecule has 0 saturated heterocycles. The molecular weight excluding hydrogens is 67.0 g/mol. The summed E-state index contributed by atoms with van der Waals surface area (Å²) in [5, 5.41) is 0. The summed E-state index contributed by atoms with van der Waals surface area (Å²) in [6.07, 6.45) is 0. The lowest BCUT2D eigenvalue weighted by molar-refractivity contribution is 2.38. The van der Waals surface area contributed by atoms with E-state index in [1.807, 2.05) is 12.1 Å². The average molecular weight is 70.0 g/mol. The van der Waals surface area contributed by atoms with Gasteiger partial charge in [-0.2, -0.15) is 0 Å². The molecule has 4 heavy (non-hydrogen) atoms.